The molecule has 0 aromatic heterocycles. The van der Waals surface area contributed by atoms with Gasteiger partial charge in [-0.3, -0.25) is 0 Å². The van der Waals surface area contributed by atoms with Gasteiger partial charge >= 0.3 is 5.97 Å². The zero-order valence-electron chi connectivity index (χ0n) is 19.8. The summed E-state index contributed by atoms with van der Waals surface area (Å²) in [6.07, 6.45) is 5.11. The molecular formula is C21H44O5Si3. The molecular weight excluding hydrogens is 416 g/mol. The Balaban J connectivity index is 2.30. The van der Waals surface area contributed by atoms with Crippen molar-refractivity contribution in [1.82, 2.24) is 0 Å². The van der Waals surface area contributed by atoms with Crippen molar-refractivity contribution < 1.29 is 23.5 Å². The minimum atomic E-state index is -1.59. The number of ether oxygens (including phenoxy) is 1. The summed E-state index contributed by atoms with van der Waals surface area (Å²) in [6.45, 7) is 18.6. The van der Waals surface area contributed by atoms with Crippen LogP contribution in [0.1, 0.15) is 45.4 Å². The molecule has 3 unspecified atom stereocenters. The summed E-state index contributed by atoms with van der Waals surface area (Å²) in [5, 5.41) is 10.3. The highest BCUT2D eigenvalue weighted by Gasteiger charge is 2.31. The quantitative estimate of drug-likeness (QED) is 0.154. The molecule has 0 aromatic rings. The molecule has 0 spiro atoms. The standard InChI is InChI=1S/C21H44O5Si3/c1-16(2)20(23)24-19-13-12-17(15-18(19)22)11-9-10-14-27-21(25-28(3,4)5)26-29(6,7)8/h17-19,21-22H,1,9-15,27H2,2-8H3. The number of hydrogen-bond acceptors (Lipinski definition) is 5. The Bertz CT molecular complexity index is 511. The zero-order chi connectivity index (χ0) is 22.2. The molecule has 0 bridgehead atoms. The predicted molar refractivity (Wildman–Crippen MR) is 128 cm³/mol. The van der Waals surface area contributed by atoms with Gasteiger partial charge in [-0.2, -0.15) is 0 Å². The van der Waals surface area contributed by atoms with Crippen molar-refractivity contribution in [1.29, 1.82) is 0 Å². The molecule has 1 aliphatic carbocycles. The summed E-state index contributed by atoms with van der Waals surface area (Å²) >= 11 is 0. The first-order valence-corrected chi connectivity index (χ1v) is 19.8. The highest BCUT2D eigenvalue weighted by molar-refractivity contribution is 6.71. The van der Waals surface area contributed by atoms with E-state index in [4.69, 9.17) is 13.6 Å². The van der Waals surface area contributed by atoms with Gasteiger partial charge in [-0.15, -0.1) is 0 Å². The fourth-order valence-corrected chi connectivity index (χ4v) is 10.4. The average Bonchev–Trinajstić information content (AvgIpc) is 2.53. The van der Waals surface area contributed by atoms with Crippen molar-refractivity contribution in [2.75, 3.05) is 0 Å². The van der Waals surface area contributed by atoms with Gasteiger partial charge in [0.1, 0.15) is 12.0 Å². The minimum absolute atomic E-state index is 0.0774. The number of esters is 1. The molecule has 0 heterocycles. The van der Waals surface area contributed by atoms with E-state index in [9.17, 15) is 9.90 Å². The van der Waals surface area contributed by atoms with Crippen LogP contribution in [0.4, 0.5) is 0 Å². The van der Waals surface area contributed by atoms with Crippen molar-refractivity contribution in [3.8, 4) is 0 Å². The van der Waals surface area contributed by atoms with Gasteiger partial charge in [0.2, 0.25) is 0 Å². The number of carbonyl (C=O) groups excluding carboxylic acids is 1. The maximum Gasteiger partial charge on any atom is 0.333 e. The first kappa shape index (κ1) is 26.8. The largest absolute Gasteiger partial charge is 0.456 e. The molecule has 1 rings (SSSR count). The van der Waals surface area contributed by atoms with Crippen LogP contribution in [0.25, 0.3) is 0 Å². The lowest BCUT2D eigenvalue weighted by Crippen LogP contribution is -2.42. The number of hydrogen-bond donors (Lipinski definition) is 1. The molecule has 0 radical (unpaired) electrons. The van der Waals surface area contributed by atoms with Crippen molar-refractivity contribution in [3.63, 3.8) is 0 Å². The Kier molecular flexibility index (Phi) is 11.0. The van der Waals surface area contributed by atoms with Crippen molar-refractivity contribution >= 4 is 32.1 Å². The fraction of sp³-hybridized carbons (Fsp3) is 0.857. The molecule has 1 fully saturated rings. The van der Waals surface area contributed by atoms with Crippen molar-refractivity contribution in [2.45, 2.75) is 109 Å². The van der Waals surface area contributed by atoms with E-state index in [1.54, 1.807) is 6.92 Å². The van der Waals surface area contributed by atoms with E-state index in [1.807, 2.05) is 0 Å². The number of unbranched alkanes of at least 4 members (excludes halogenated alkanes) is 1. The van der Waals surface area contributed by atoms with E-state index >= 15 is 0 Å². The minimum Gasteiger partial charge on any atom is -0.456 e. The molecule has 5 nitrogen and oxygen atoms in total. The fourth-order valence-electron chi connectivity index (χ4n) is 3.69. The molecule has 0 aliphatic heterocycles. The van der Waals surface area contributed by atoms with Crippen LogP contribution < -0.4 is 0 Å². The monoisotopic (exact) mass is 460 g/mol. The molecule has 8 heteroatoms. The van der Waals surface area contributed by atoms with E-state index in [1.165, 1.54) is 18.9 Å². The van der Waals surface area contributed by atoms with E-state index in [0.29, 0.717) is 11.5 Å². The van der Waals surface area contributed by atoms with Crippen LogP contribution in [-0.4, -0.2) is 55.4 Å². The lowest BCUT2D eigenvalue weighted by atomic mass is 9.82. The molecule has 1 saturated carbocycles. The maximum absolute atomic E-state index is 11.7. The Hall–Kier alpha value is -0.259. The van der Waals surface area contributed by atoms with Crippen LogP contribution in [0.15, 0.2) is 12.2 Å². The number of rotatable bonds is 12. The van der Waals surface area contributed by atoms with Crippen LogP contribution in [-0.2, 0) is 18.4 Å². The second kappa shape index (κ2) is 12.0. The van der Waals surface area contributed by atoms with E-state index in [2.05, 4.69) is 45.9 Å². The van der Waals surface area contributed by atoms with E-state index in [0.717, 1.165) is 25.7 Å². The molecule has 0 saturated heterocycles. The Morgan fingerprint density at radius 1 is 1.10 bits per heavy atom. The number of carbonyl (C=O) groups is 1. The van der Waals surface area contributed by atoms with Crippen LogP contribution in [0.3, 0.4) is 0 Å². The first-order chi connectivity index (χ1) is 13.3. The molecule has 0 aromatic carbocycles. The third kappa shape index (κ3) is 12.2. The van der Waals surface area contributed by atoms with Gasteiger partial charge in [-0.1, -0.05) is 31.9 Å². The maximum atomic E-state index is 11.7. The first-order valence-electron chi connectivity index (χ1n) is 11.2. The van der Waals surface area contributed by atoms with Gasteiger partial charge in [0.05, 0.1) is 15.6 Å². The summed E-state index contributed by atoms with van der Waals surface area (Å²) in [5.74, 6) is 0.209. The Labute approximate surface area is 182 Å². The number of aliphatic hydroxyl groups excluding tert-OH is 1. The molecule has 1 N–H and O–H groups in total. The smallest absolute Gasteiger partial charge is 0.333 e. The van der Waals surface area contributed by atoms with Gasteiger partial charge in [0, 0.05) is 5.57 Å². The highest BCUT2D eigenvalue weighted by atomic mass is 28.4. The SMILES string of the molecule is C=C(C)C(=O)OC1CCC(CCCC[SiH2]C(O[Si](C)(C)C)O[Si](C)(C)C)CC1O. The third-order valence-electron chi connectivity index (χ3n) is 4.99. The van der Waals surface area contributed by atoms with Crippen LogP contribution in [0, 0.1) is 5.92 Å². The zero-order valence-corrected chi connectivity index (χ0v) is 23.2. The summed E-state index contributed by atoms with van der Waals surface area (Å²) in [7, 11) is -3.58. The van der Waals surface area contributed by atoms with E-state index < -0.39 is 38.2 Å². The lowest BCUT2D eigenvalue weighted by molar-refractivity contribution is -0.154. The topological polar surface area (TPSA) is 65.0 Å². The van der Waals surface area contributed by atoms with Gasteiger partial charge in [-0.05, 0) is 71.4 Å². The second-order valence-corrected chi connectivity index (χ2v) is 21.4. The summed E-state index contributed by atoms with van der Waals surface area (Å²) in [4.78, 5) is 11.7. The van der Waals surface area contributed by atoms with E-state index in [-0.39, 0.29) is 12.0 Å². The average molecular weight is 461 g/mol. The van der Waals surface area contributed by atoms with Gasteiger partial charge in [0.15, 0.2) is 16.6 Å². The van der Waals surface area contributed by atoms with Crippen LogP contribution in [0.5, 0.6) is 0 Å². The normalized spacial score (nSPS) is 23.7. The summed E-state index contributed by atoms with van der Waals surface area (Å²) in [5.41, 5.74) is 0.387. The number of aliphatic hydroxyl groups is 1. The van der Waals surface area contributed by atoms with Crippen LogP contribution in [0.2, 0.25) is 45.3 Å². The predicted octanol–water partition coefficient (Wildman–Crippen LogP) is 4.38. The van der Waals surface area contributed by atoms with Gasteiger partial charge < -0.3 is 18.7 Å². The molecule has 170 valence electrons. The van der Waals surface area contributed by atoms with Crippen molar-refractivity contribution in [3.05, 3.63) is 12.2 Å². The Morgan fingerprint density at radius 2 is 1.69 bits per heavy atom. The third-order valence-corrected chi connectivity index (χ3v) is 9.31. The molecule has 29 heavy (non-hydrogen) atoms. The second-order valence-electron chi connectivity index (χ2n) is 10.5. The van der Waals surface area contributed by atoms with Crippen molar-refractivity contribution in [2.24, 2.45) is 5.92 Å². The molecule has 1 aliphatic rings. The van der Waals surface area contributed by atoms with Crippen LogP contribution >= 0.6 is 0 Å². The molecule has 0 amide bonds. The van der Waals surface area contributed by atoms with Gasteiger partial charge in [0.25, 0.3) is 0 Å². The summed E-state index contributed by atoms with van der Waals surface area (Å²) in [6, 6.07) is 1.24. The summed E-state index contributed by atoms with van der Waals surface area (Å²) < 4.78 is 18.0. The lowest BCUT2D eigenvalue weighted by Gasteiger charge is -2.33. The molecule has 3 atom stereocenters. The Morgan fingerprint density at radius 3 is 2.17 bits per heavy atom. The highest BCUT2D eigenvalue weighted by Crippen LogP contribution is 2.31. The van der Waals surface area contributed by atoms with Gasteiger partial charge in [-0.25, -0.2) is 4.79 Å².